The van der Waals surface area contributed by atoms with Crippen LogP contribution < -0.4 is 5.30 Å². The third kappa shape index (κ3) is 5.09. The summed E-state index contributed by atoms with van der Waals surface area (Å²) in [5, 5.41) is 1.30. The zero-order valence-electron chi connectivity index (χ0n) is 9.13. The SMILES string of the molecule is Br.Cc1cc(C)cc(POC(C)C)c1. The van der Waals surface area contributed by atoms with Crippen molar-refractivity contribution in [2.45, 2.75) is 33.8 Å². The second-order valence-electron chi connectivity index (χ2n) is 3.65. The van der Waals surface area contributed by atoms with Gasteiger partial charge in [0.1, 0.15) is 0 Å². The van der Waals surface area contributed by atoms with Crippen molar-refractivity contribution in [2.75, 3.05) is 0 Å². The summed E-state index contributed by atoms with van der Waals surface area (Å²) < 4.78 is 5.57. The highest BCUT2D eigenvalue weighted by molar-refractivity contribution is 8.93. The molecule has 0 saturated heterocycles. The van der Waals surface area contributed by atoms with Crippen LogP contribution in [-0.4, -0.2) is 6.10 Å². The fraction of sp³-hybridized carbons (Fsp3) is 0.455. The van der Waals surface area contributed by atoms with Crippen LogP contribution in [0.5, 0.6) is 0 Å². The molecule has 3 heteroatoms. The molecule has 0 aromatic heterocycles. The van der Waals surface area contributed by atoms with Crippen LogP contribution in [-0.2, 0) is 4.52 Å². The fourth-order valence-electron chi connectivity index (χ4n) is 1.22. The van der Waals surface area contributed by atoms with Crippen LogP contribution in [0.3, 0.4) is 0 Å². The van der Waals surface area contributed by atoms with Crippen LogP contribution in [0.4, 0.5) is 0 Å². The van der Waals surface area contributed by atoms with Crippen molar-refractivity contribution in [3.8, 4) is 0 Å². The lowest BCUT2D eigenvalue weighted by Crippen LogP contribution is -2.01. The van der Waals surface area contributed by atoms with E-state index in [9.17, 15) is 0 Å². The summed E-state index contributed by atoms with van der Waals surface area (Å²) >= 11 is 0. The summed E-state index contributed by atoms with van der Waals surface area (Å²) in [5.74, 6) is 0. The maximum Gasteiger partial charge on any atom is 0.0562 e. The first-order valence-electron chi connectivity index (χ1n) is 4.58. The van der Waals surface area contributed by atoms with E-state index in [2.05, 4.69) is 45.9 Å². The molecule has 80 valence electrons. The predicted molar refractivity (Wildman–Crippen MR) is 70.4 cm³/mol. The van der Waals surface area contributed by atoms with Gasteiger partial charge in [0, 0.05) is 8.81 Å². The van der Waals surface area contributed by atoms with Gasteiger partial charge in [-0.3, -0.25) is 0 Å². The average Bonchev–Trinajstić information content (AvgIpc) is 1.99. The average molecular weight is 277 g/mol. The summed E-state index contributed by atoms with van der Waals surface area (Å²) in [5.41, 5.74) is 2.63. The highest BCUT2D eigenvalue weighted by atomic mass is 79.9. The molecular formula is C11H18BrOP. The van der Waals surface area contributed by atoms with Crippen molar-refractivity contribution >= 4 is 31.1 Å². The Balaban J connectivity index is 0.00000169. The molecular weight excluding hydrogens is 259 g/mol. The number of hydrogen-bond donors (Lipinski definition) is 0. The van der Waals surface area contributed by atoms with Gasteiger partial charge in [-0.05, 0) is 45.1 Å². The quantitative estimate of drug-likeness (QED) is 0.768. The normalized spacial score (nSPS) is 10.9. The van der Waals surface area contributed by atoms with Crippen LogP contribution >= 0.6 is 25.8 Å². The lowest BCUT2D eigenvalue weighted by Gasteiger charge is -2.08. The molecule has 1 rings (SSSR count). The zero-order chi connectivity index (χ0) is 9.84. The van der Waals surface area contributed by atoms with E-state index in [0.717, 1.165) is 0 Å². The van der Waals surface area contributed by atoms with Gasteiger partial charge in [-0.15, -0.1) is 17.0 Å². The molecule has 0 amide bonds. The number of benzene rings is 1. The first-order chi connectivity index (χ1) is 6.08. The van der Waals surface area contributed by atoms with Gasteiger partial charge in [-0.2, -0.15) is 0 Å². The Bertz CT molecular complexity index is 266. The van der Waals surface area contributed by atoms with Gasteiger partial charge in [0.2, 0.25) is 0 Å². The van der Waals surface area contributed by atoms with Crippen molar-refractivity contribution < 1.29 is 4.52 Å². The van der Waals surface area contributed by atoms with Crippen LogP contribution in [0.2, 0.25) is 0 Å². The van der Waals surface area contributed by atoms with Gasteiger partial charge in [-0.25, -0.2) is 0 Å². The molecule has 0 bridgehead atoms. The molecule has 0 fully saturated rings. The van der Waals surface area contributed by atoms with Gasteiger partial charge in [0.05, 0.1) is 6.10 Å². The molecule has 0 spiro atoms. The number of hydrogen-bond acceptors (Lipinski definition) is 1. The van der Waals surface area contributed by atoms with Crippen molar-refractivity contribution in [1.29, 1.82) is 0 Å². The molecule has 0 aliphatic carbocycles. The number of rotatable bonds is 3. The van der Waals surface area contributed by atoms with Gasteiger partial charge in [-0.1, -0.05) is 17.2 Å². The van der Waals surface area contributed by atoms with E-state index in [1.165, 1.54) is 16.4 Å². The lowest BCUT2D eigenvalue weighted by molar-refractivity contribution is 0.282. The third-order valence-electron chi connectivity index (χ3n) is 1.63. The number of halogens is 1. The number of aryl methyl sites for hydroxylation is 2. The highest BCUT2D eigenvalue weighted by Crippen LogP contribution is 2.16. The summed E-state index contributed by atoms with van der Waals surface area (Å²) in [6.07, 6.45) is 0.319. The van der Waals surface area contributed by atoms with Crippen LogP contribution in [0.25, 0.3) is 0 Å². The minimum Gasteiger partial charge on any atom is -0.355 e. The van der Waals surface area contributed by atoms with Gasteiger partial charge >= 0.3 is 0 Å². The fourth-order valence-corrected chi connectivity index (χ4v) is 2.16. The smallest absolute Gasteiger partial charge is 0.0562 e. The molecule has 1 aromatic carbocycles. The van der Waals surface area contributed by atoms with E-state index >= 15 is 0 Å². The second kappa shape index (κ2) is 6.55. The minimum atomic E-state index is 0. The van der Waals surface area contributed by atoms with Crippen molar-refractivity contribution in [3.05, 3.63) is 29.3 Å². The summed E-state index contributed by atoms with van der Waals surface area (Å²) in [4.78, 5) is 0. The maximum absolute atomic E-state index is 5.57. The van der Waals surface area contributed by atoms with Crippen molar-refractivity contribution in [1.82, 2.24) is 0 Å². The van der Waals surface area contributed by atoms with E-state index < -0.39 is 0 Å². The highest BCUT2D eigenvalue weighted by Gasteiger charge is 1.98. The molecule has 0 heterocycles. The predicted octanol–water partition coefficient (Wildman–Crippen LogP) is 3.53. The maximum atomic E-state index is 5.57. The van der Waals surface area contributed by atoms with Crippen molar-refractivity contribution in [2.24, 2.45) is 0 Å². The van der Waals surface area contributed by atoms with Crippen LogP contribution in [0.1, 0.15) is 25.0 Å². The largest absolute Gasteiger partial charge is 0.355 e. The molecule has 0 aliphatic heterocycles. The molecule has 0 N–H and O–H groups in total. The molecule has 14 heavy (non-hydrogen) atoms. The Morgan fingerprint density at radius 2 is 1.57 bits per heavy atom. The summed E-state index contributed by atoms with van der Waals surface area (Å²) in [7, 11) is 0.478. The zero-order valence-corrected chi connectivity index (χ0v) is 11.8. The molecule has 0 saturated carbocycles. The first-order valence-corrected chi connectivity index (χ1v) is 5.48. The van der Waals surface area contributed by atoms with E-state index in [0.29, 0.717) is 14.9 Å². The Labute approximate surface area is 98.9 Å². The topological polar surface area (TPSA) is 9.23 Å². The second-order valence-corrected chi connectivity index (χ2v) is 4.66. The standard InChI is InChI=1S/C11H17OP.BrH/c1-8(2)12-13-11-6-9(3)5-10(4)7-11;/h5-8,13H,1-4H3;1H. The van der Waals surface area contributed by atoms with Gasteiger partial charge < -0.3 is 4.52 Å². The molecule has 1 atom stereocenters. The van der Waals surface area contributed by atoms with Crippen molar-refractivity contribution in [3.63, 3.8) is 0 Å². The lowest BCUT2D eigenvalue weighted by atomic mass is 10.2. The van der Waals surface area contributed by atoms with E-state index in [4.69, 9.17) is 4.52 Å². The minimum absolute atomic E-state index is 0. The Morgan fingerprint density at radius 1 is 1.07 bits per heavy atom. The van der Waals surface area contributed by atoms with Crippen LogP contribution in [0, 0.1) is 13.8 Å². The molecule has 1 aromatic rings. The van der Waals surface area contributed by atoms with Gasteiger partial charge in [0.15, 0.2) is 0 Å². The van der Waals surface area contributed by atoms with Gasteiger partial charge in [0.25, 0.3) is 0 Å². The summed E-state index contributed by atoms with van der Waals surface area (Å²) in [6, 6.07) is 6.56. The molecule has 0 radical (unpaired) electrons. The Kier molecular flexibility index (Phi) is 6.59. The van der Waals surface area contributed by atoms with E-state index in [1.54, 1.807) is 0 Å². The Hall–Kier alpha value is 0.0900. The van der Waals surface area contributed by atoms with E-state index in [1.807, 2.05) is 0 Å². The first kappa shape index (κ1) is 14.1. The molecule has 1 nitrogen and oxygen atoms in total. The third-order valence-corrected chi connectivity index (χ3v) is 2.75. The summed E-state index contributed by atoms with van der Waals surface area (Å²) in [6.45, 7) is 8.37. The Morgan fingerprint density at radius 3 is 2.00 bits per heavy atom. The van der Waals surface area contributed by atoms with E-state index in [-0.39, 0.29) is 17.0 Å². The monoisotopic (exact) mass is 276 g/mol. The van der Waals surface area contributed by atoms with Crippen LogP contribution in [0.15, 0.2) is 18.2 Å². The molecule has 1 unspecified atom stereocenters. The molecule has 0 aliphatic rings.